The molecule has 0 radical (unpaired) electrons. The molecule has 3 N–H and O–H groups in total. The molecule has 4 aromatic rings. The molecule has 2 amide bonds. The molecule has 0 aliphatic carbocycles. The van der Waals surface area contributed by atoms with Gasteiger partial charge in [-0.15, -0.1) is 0 Å². The van der Waals surface area contributed by atoms with E-state index in [9.17, 15) is 14.4 Å². The second kappa shape index (κ2) is 10.5. The molecule has 1 heterocycles. The van der Waals surface area contributed by atoms with E-state index in [1.165, 1.54) is 0 Å². The van der Waals surface area contributed by atoms with Crippen LogP contribution in [0, 0.1) is 0 Å². The van der Waals surface area contributed by atoms with Crippen molar-refractivity contribution in [1.82, 2.24) is 9.88 Å². The molecule has 0 atom stereocenters. The maximum absolute atomic E-state index is 13.1. The molecule has 172 valence electrons. The summed E-state index contributed by atoms with van der Waals surface area (Å²) in [5.41, 5.74) is 3.16. The normalized spacial score (nSPS) is 10.7. The summed E-state index contributed by atoms with van der Waals surface area (Å²) in [6.45, 7) is 0.527. The molecule has 0 saturated heterocycles. The van der Waals surface area contributed by atoms with E-state index in [4.69, 9.17) is 5.11 Å². The van der Waals surface area contributed by atoms with E-state index in [-0.39, 0.29) is 24.6 Å². The van der Waals surface area contributed by atoms with E-state index in [1.807, 2.05) is 48.5 Å². The van der Waals surface area contributed by atoms with E-state index < -0.39 is 5.97 Å². The monoisotopic (exact) mass is 455 g/mol. The fourth-order valence-electron chi connectivity index (χ4n) is 3.79. The number of hydrogen-bond donors (Lipinski definition) is 3. The van der Waals surface area contributed by atoms with Gasteiger partial charge in [-0.3, -0.25) is 9.59 Å². The number of carboxylic acid groups (broad SMARTS) is 1. The zero-order chi connectivity index (χ0) is 23.9. The van der Waals surface area contributed by atoms with Gasteiger partial charge in [0.05, 0.1) is 13.0 Å². The number of H-pyrrole nitrogens is 1. The number of carboxylic acids is 1. The summed E-state index contributed by atoms with van der Waals surface area (Å²) in [7, 11) is 0. The highest BCUT2D eigenvalue weighted by Gasteiger charge is 2.17. The SMILES string of the molecule is O=C(O)Cc1ccc2[nH]c(=O)c(CN(CCc3ccccc3)C(=O)Nc3ccccc3)cc2c1. The van der Waals surface area contributed by atoms with Gasteiger partial charge in [-0.2, -0.15) is 0 Å². The van der Waals surface area contributed by atoms with Crippen molar-refractivity contribution in [2.24, 2.45) is 0 Å². The average molecular weight is 456 g/mol. The van der Waals surface area contributed by atoms with E-state index in [2.05, 4.69) is 10.3 Å². The molecule has 0 unspecified atom stereocenters. The maximum Gasteiger partial charge on any atom is 0.322 e. The van der Waals surface area contributed by atoms with E-state index in [1.54, 1.807) is 41.3 Å². The summed E-state index contributed by atoms with van der Waals surface area (Å²) < 4.78 is 0. The fraction of sp³-hybridized carbons (Fsp3) is 0.148. The summed E-state index contributed by atoms with van der Waals surface area (Å²) in [6, 6.07) is 25.6. The number of aromatic amines is 1. The second-order valence-corrected chi connectivity index (χ2v) is 8.07. The molecule has 1 aromatic heterocycles. The highest BCUT2D eigenvalue weighted by atomic mass is 16.4. The Balaban J connectivity index is 1.60. The summed E-state index contributed by atoms with van der Waals surface area (Å²) in [4.78, 5) is 41.4. The minimum atomic E-state index is -0.923. The first-order valence-electron chi connectivity index (χ1n) is 11.0. The Kier molecular flexibility index (Phi) is 7.03. The lowest BCUT2D eigenvalue weighted by Gasteiger charge is -2.23. The zero-order valence-electron chi connectivity index (χ0n) is 18.5. The quantitative estimate of drug-likeness (QED) is 0.366. The number of para-hydroxylation sites is 1. The highest BCUT2D eigenvalue weighted by Crippen LogP contribution is 2.16. The Morgan fingerprint density at radius 1 is 0.882 bits per heavy atom. The van der Waals surface area contributed by atoms with Gasteiger partial charge < -0.3 is 20.3 Å². The van der Waals surface area contributed by atoms with Gasteiger partial charge in [0.25, 0.3) is 5.56 Å². The van der Waals surface area contributed by atoms with Crippen LogP contribution in [-0.4, -0.2) is 33.5 Å². The number of hydrogen-bond acceptors (Lipinski definition) is 3. The van der Waals surface area contributed by atoms with Crippen LogP contribution in [0.25, 0.3) is 10.9 Å². The number of carbonyl (C=O) groups excluding carboxylic acids is 1. The van der Waals surface area contributed by atoms with Crippen LogP contribution < -0.4 is 10.9 Å². The first-order valence-corrected chi connectivity index (χ1v) is 11.0. The lowest BCUT2D eigenvalue weighted by molar-refractivity contribution is -0.136. The largest absolute Gasteiger partial charge is 0.481 e. The molecule has 4 rings (SSSR count). The van der Waals surface area contributed by atoms with Crippen LogP contribution in [0.5, 0.6) is 0 Å². The maximum atomic E-state index is 13.1. The third kappa shape index (κ3) is 5.89. The van der Waals surface area contributed by atoms with Crippen molar-refractivity contribution in [2.45, 2.75) is 19.4 Å². The lowest BCUT2D eigenvalue weighted by atomic mass is 10.1. The molecular formula is C27H25N3O4. The summed E-state index contributed by atoms with van der Waals surface area (Å²) in [5.74, 6) is -0.923. The first-order chi connectivity index (χ1) is 16.5. The minimum absolute atomic E-state index is 0.104. The number of amides is 2. The average Bonchev–Trinajstić information content (AvgIpc) is 2.83. The van der Waals surface area contributed by atoms with Crippen molar-refractivity contribution >= 4 is 28.6 Å². The number of anilines is 1. The molecule has 0 fully saturated rings. The molecule has 7 heteroatoms. The number of nitrogens with one attached hydrogen (secondary N) is 2. The third-order valence-corrected chi connectivity index (χ3v) is 5.53. The third-order valence-electron chi connectivity index (χ3n) is 5.53. The van der Waals surface area contributed by atoms with Crippen molar-refractivity contribution in [1.29, 1.82) is 0 Å². The number of nitrogens with zero attached hydrogens (tertiary/aromatic N) is 1. The molecule has 0 spiro atoms. The Labute approximate surface area is 196 Å². The number of fused-ring (bicyclic) bond motifs is 1. The van der Waals surface area contributed by atoms with Crippen molar-refractivity contribution < 1.29 is 14.7 Å². The number of urea groups is 1. The molecule has 0 saturated carbocycles. The smallest absolute Gasteiger partial charge is 0.322 e. The number of aliphatic carboxylic acids is 1. The van der Waals surface area contributed by atoms with Gasteiger partial charge in [-0.25, -0.2) is 4.79 Å². The van der Waals surface area contributed by atoms with Crippen LogP contribution in [0.2, 0.25) is 0 Å². The second-order valence-electron chi connectivity index (χ2n) is 8.07. The topological polar surface area (TPSA) is 102 Å². The van der Waals surface area contributed by atoms with Gasteiger partial charge in [0.2, 0.25) is 0 Å². The van der Waals surface area contributed by atoms with Crippen LogP contribution in [-0.2, 0) is 24.2 Å². The van der Waals surface area contributed by atoms with Crippen LogP contribution in [0.15, 0.2) is 89.7 Å². The van der Waals surface area contributed by atoms with Gasteiger partial charge in [0.15, 0.2) is 0 Å². The van der Waals surface area contributed by atoms with Gasteiger partial charge >= 0.3 is 12.0 Å². The lowest BCUT2D eigenvalue weighted by Crippen LogP contribution is -2.37. The van der Waals surface area contributed by atoms with Crippen LogP contribution >= 0.6 is 0 Å². The van der Waals surface area contributed by atoms with E-state index >= 15 is 0 Å². The molecule has 0 bridgehead atoms. The minimum Gasteiger partial charge on any atom is -0.481 e. The number of benzene rings is 3. The molecular weight excluding hydrogens is 430 g/mol. The van der Waals surface area contributed by atoms with Crippen molar-refractivity contribution in [3.05, 3.63) is 112 Å². The van der Waals surface area contributed by atoms with Crippen LogP contribution in [0.4, 0.5) is 10.5 Å². The van der Waals surface area contributed by atoms with Gasteiger partial charge in [0.1, 0.15) is 0 Å². The van der Waals surface area contributed by atoms with E-state index in [0.29, 0.717) is 35.3 Å². The Morgan fingerprint density at radius 2 is 1.59 bits per heavy atom. The summed E-state index contributed by atoms with van der Waals surface area (Å²) in [5, 5.41) is 12.7. The molecule has 0 aliphatic heterocycles. The number of carbonyl (C=O) groups is 2. The van der Waals surface area contributed by atoms with Gasteiger partial charge in [-0.05, 0) is 53.3 Å². The molecule has 34 heavy (non-hydrogen) atoms. The zero-order valence-corrected chi connectivity index (χ0v) is 18.5. The Hall–Kier alpha value is -4.39. The van der Waals surface area contributed by atoms with Gasteiger partial charge in [-0.1, -0.05) is 54.6 Å². The Bertz CT molecular complexity index is 1350. The number of pyridine rings is 1. The van der Waals surface area contributed by atoms with Crippen molar-refractivity contribution in [3.63, 3.8) is 0 Å². The Morgan fingerprint density at radius 3 is 2.29 bits per heavy atom. The van der Waals surface area contributed by atoms with Crippen molar-refractivity contribution in [2.75, 3.05) is 11.9 Å². The highest BCUT2D eigenvalue weighted by molar-refractivity contribution is 5.89. The molecule has 3 aromatic carbocycles. The standard InChI is InChI=1S/C27H25N3O4/c31-25(32)16-20-11-12-24-21(15-20)17-22(26(33)29-24)18-30(14-13-19-7-3-1-4-8-19)27(34)28-23-9-5-2-6-10-23/h1-12,15,17H,13-14,16,18H2,(H,28,34)(H,29,33)(H,31,32). The van der Waals surface area contributed by atoms with Crippen LogP contribution in [0.1, 0.15) is 16.7 Å². The first kappa shape index (κ1) is 22.8. The van der Waals surface area contributed by atoms with E-state index in [0.717, 1.165) is 10.9 Å². The predicted molar refractivity (Wildman–Crippen MR) is 132 cm³/mol. The summed E-state index contributed by atoms with van der Waals surface area (Å²) >= 11 is 0. The van der Waals surface area contributed by atoms with Crippen molar-refractivity contribution in [3.8, 4) is 0 Å². The fourth-order valence-corrected chi connectivity index (χ4v) is 3.79. The molecule has 0 aliphatic rings. The van der Waals surface area contributed by atoms with Crippen LogP contribution in [0.3, 0.4) is 0 Å². The predicted octanol–water partition coefficient (Wildman–Crippen LogP) is 4.43. The van der Waals surface area contributed by atoms with Gasteiger partial charge in [0, 0.05) is 23.3 Å². The number of rotatable bonds is 8. The molecule has 7 nitrogen and oxygen atoms in total. The summed E-state index contributed by atoms with van der Waals surface area (Å²) in [6.07, 6.45) is 0.532. The number of aromatic nitrogens is 1.